The maximum Gasteiger partial charge on any atom is 0.309 e. The van der Waals surface area contributed by atoms with Crippen LogP contribution in [0.2, 0.25) is 0 Å². The lowest BCUT2D eigenvalue weighted by molar-refractivity contribution is -0.169. The molecule has 6 N–H and O–H groups in total. The van der Waals surface area contributed by atoms with Gasteiger partial charge in [0, 0.05) is 28.7 Å². The quantitative estimate of drug-likeness (QED) is 0.128. The molecule has 10 nitrogen and oxygen atoms in total. The van der Waals surface area contributed by atoms with Gasteiger partial charge in [0.15, 0.2) is 11.5 Å². The predicted molar refractivity (Wildman–Crippen MR) is 121 cm³/mol. The number of rotatable bonds is 10. The van der Waals surface area contributed by atoms with Crippen molar-refractivity contribution in [3.05, 3.63) is 17.7 Å². The Bertz CT molecular complexity index is 799. The van der Waals surface area contributed by atoms with Gasteiger partial charge in [0.25, 0.3) is 5.97 Å². The van der Waals surface area contributed by atoms with E-state index in [1.807, 2.05) is 20.8 Å². The molecule has 0 spiro atoms. The Labute approximate surface area is 195 Å². The number of benzene rings is 1. The normalized spacial score (nSPS) is 18.7. The smallest absolute Gasteiger partial charge is 0.309 e. The first-order valence-electron chi connectivity index (χ1n) is 9.74. The topological polar surface area (TPSA) is 158 Å². The summed E-state index contributed by atoms with van der Waals surface area (Å²) >= 11 is 1.63. The van der Waals surface area contributed by atoms with Crippen LogP contribution < -0.4 is 31.4 Å². The minimum Gasteiger partial charge on any atom is -0.493 e. The summed E-state index contributed by atoms with van der Waals surface area (Å²) in [6, 6.07) is 2.90. The molecule has 0 bridgehead atoms. The molecule has 0 saturated heterocycles. The van der Waals surface area contributed by atoms with E-state index in [-0.39, 0.29) is 45.5 Å². The molecule has 174 valence electrons. The Morgan fingerprint density at radius 3 is 2.23 bits per heavy atom. The van der Waals surface area contributed by atoms with Gasteiger partial charge in [-0.05, 0) is 39.7 Å². The SMILES string of the molecule is COc1cc(OCCOC2CC(C(=O)OC(C)(C)C)C2)c(C(=O)I)cc1OC(N)(N)N. The van der Waals surface area contributed by atoms with Crippen molar-refractivity contribution in [2.75, 3.05) is 20.3 Å². The lowest BCUT2D eigenvalue weighted by atomic mass is 9.82. The molecule has 11 heteroatoms. The highest BCUT2D eigenvalue weighted by Crippen LogP contribution is 2.37. The molecule has 31 heavy (non-hydrogen) atoms. The highest BCUT2D eigenvalue weighted by molar-refractivity contribution is 14.1. The minimum atomic E-state index is -1.94. The van der Waals surface area contributed by atoms with Crippen molar-refractivity contribution < 1.29 is 33.3 Å². The monoisotopic (exact) mass is 551 g/mol. The van der Waals surface area contributed by atoms with Crippen molar-refractivity contribution in [2.24, 2.45) is 23.1 Å². The second-order valence-corrected chi connectivity index (χ2v) is 9.25. The van der Waals surface area contributed by atoms with Crippen LogP contribution in [0.5, 0.6) is 17.2 Å². The standard InChI is InChI=1S/C20H30IN3O7/c1-19(2,3)31-18(26)11-7-12(8-11)28-5-6-29-14-10-15(27-4)16(30-20(22,23)24)9-13(14)17(21)25/h9-12H,5-8,22-24H2,1-4H3. The van der Waals surface area contributed by atoms with E-state index in [4.69, 9.17) is 40.9 Å². The first-order valence-corrected chi connectivity index (χ1v) is 10.8. The van der Waals surface area contributed by atoms with Crippen LogP contribution in [0.15, 0.2) is 12.1 Å². The lowest BCUT2D eigenvalue weighted by Gasteiger charge is -2.35. The molecule has 1 fully saturated rings. The van der Waals surface area contributed by atoms with Crippen LogP contribution in [0.25, 0.3) is 0 Å². The van der Waals surface area contributed by atoms with Gasteiger partial charge in [0.05, 0.1) is 31.3 Å². The summed E-state index contributed by atoms with van der Waals surface area (Å²) in [6.45, 7) is 6.02. The Kier molecular flexibility index (Phi) is 8.50. The van der Waals surface area contributed by atoms with Crippen molar-refractivity contribution in [1.82, 2.24) is 0 Å². The molecule has 0 aliphatic heterocycles. The third-order valence-electron chi connectivity index (χ3n) is 4.29. The highest BCUT2D eigenvalue weighted by Gasteiger charge is 2.37. The molecule has 0 heterocycles. The summed E-state index contributed by atoms with van der Waals surface area (Å²) in [5.41, 5.74) is 16.2. The molecule has 1 aliphatic rings. The number of nitrogens with two attached hydrogens (primary N) is 3. The maximum absolute atomic E-state index is 12.0. The third-order valence-corrected chi connectivity index (χ3v) is 4.87. The lowest BCUT2D eigenvalue weighted by Crippen LogP contribution is -2.62. The second-order valence-electron chi connectivity index (χ2n) is 8.27. The first-order chi connectivity index (χ1) is 14.3. The fourth-order valence-electron chi connectivity index (χ4n) is 2.89. The predicted octanol–water partition coefficient (Wildman–Crippen LogP) is 1.65. The zero-order valence-corrected chi connectivity index (χ0v) is 20.3. The average Bonchev–Trinajstić information content (AvgIpc) is 2.57. The van der Waals surface area contributed by atoms with E-state index in [1.165, 1.54) is 19.2 Å². The Hall–Kier alpha value is -1.67. The van der Waals surface area contributed by atoms with Gasteiger partial charge in [-0.15, -0.1) is 0 Å². The van der Waals surface area contributed by atoms with Gasteiger partial charge in [-0.25, -0.2) is 0 Å². The number of hydrogen-bond donors (Lipinski definition) is 3. The summed E-state index contributed by atoms with van der Waals surface area (Å²) in [5, 5.41) is 0. The summed E-state index contributed by atoms with van der Waals surface area (Å²) in [6.07, 6.45) is 1.21. The van der Waals surface area contributed by atoms with Crippen molar-refractivity contribution in [1.29, 1.82) is 0 Å². The number of ether oxygens (including phenoxy) is 5. The van der Waals surface area contributed by atoms with Gasteiger partial charge in [-0.3, -0.25) is 26.8 Å². The van der Waals surface area contributed by atoms with Crippen LogP contribution >= 0.6 is 22.6 Å². The van der Waals surface area contributed by atoms with Gasteiger partial charge >= 0.3 is 5.97 Å². The fraction of sp³-hybridized carbons (Fsp3) is 0.600. The van der Waals surface area contributed by atoms with Crippen LogP contribution in [0, 0.1) is 5.92 Å². The molecule has 2 rings (SSSR count). The van der Waals surface area contributed by atoms with E-state index < -0.39 is 11.6 Å². The summed E-state index contributed by atoms with van der Waals surface area (Å²) < 4.78 is 27.0. The van der Waals surface area contributed by atoms with Crippen molar-refractivity contribution in [3.8, 4) is 17.2 Å². The van der Waals surface area contributed by atoms with E-state index in [0.29, 0.717) is 25.2 Å². The molecule has 1 aliphatic carbocycles. The molecule has 1 saturated carbocycles. The van der Waals surface area contributed by atoms with Crippen LogP contribution in [0.1, 0.15) is 44.0 Å². The van der Waals surface area contributed by atoms with Crippen molar-refractivity contribution in [2.45, 2.75) is 51.3 Å². The number of methoxy groups -OCH3 is 1. The molecule has 0 radical (unpaired) electrons. The second kappa shape index (κ2) is 10.3. The van der Waals surface area contributed by atoms with E-state index in [2.05, 4.69) is 0 Å². The number of halogens is 1. The number of hydrogen-bond acceptors (Lipinski definition) is 10. The minimum absolute atomic E-state index is 0.0242. The van der Waals surface area contributed by atoms with Gasteiger partial charge in [0.2, 0.25) is 3.79 Å². The van der Waals surface area contributed by atoms with E-state index in [9.17, 15) is 9.59 Å². The van der Waals surface area contributed by atoms with Gasteiger partial charge < -0.3 is 23.7 Å². The third kappa shape index (κ3) is 8.07. The molecule has 0 aromatic heterocycles. The van der Waals surface area contributed by atoms with Crippen LogP contribution in [0.4, 0.5) is 0 Å². The molecule has 0 atom stereocenters. The Morgan fingerprint density at radius 1 is 1.06 bits per heavy atom. The summed E-state index contributed by atoms with van der Waals surface area (Å²) in [4.78, 5) is 24.0. The highest BCUT2D eigenvalue weighted by atomic mass is 127. The van der Waals surface area contributed by atoms with E-state index >= 15 is 0 Å². The van der Waals surface area contributed by atoms with Crippen molar-refractivity contribution >= 4 is 32.4 Å². The maximum atomic E-state index is 12.0. The number of carbonyl (C=O) groups is 2. The Morgan fingerprint density at radius 2 is 1.71 bits per heavy atom. The zero-order valence-electron chi connectivity index (χ0n) is 18.1. The van der Waals surface area contributed by atoms with Gasteiger partial charge in [-0.2, -0.15) is 0 Å². The number of carbonyl (C=O) groups excluding carboxylic acids is 2. The van der Waals surface area contributed by atoms with E-state index in [0.717, 1.165) is 0 Å². The van der Waals surface area contributed by atoms with E-state index in [1.54, 1.807) is 22.6 Å². The number of esters is 1. The summed E-state index contributed by atoms with van der Waals surface area (Å²) in [7, 11) is 1.42. The fourth-order valence-corrected chi connectivity index (χ4v) is 3.31. The molecule has 1 aromatic carbocycles. The molecule has 1 aromatic rings. The molecule has 0 unspecified atom stereocenters. The summed E-state index contributed by atoms with van der Waals surface area (Å²) in [5.74, 6) is -1.60. The molecular formula is C20H30IN3O7. The van der Waals surface area contributed by atoms with Crippen molar-refractivity contribution in [3.63, 3.8) is 0 Å². The Balaban J connectivity index is 1.88. The van der Waals surface area contributed by atoms with Crippen LogP contribution in [-0.4, -0.2) is 47.8 Å². The zero-order chi connectivity index (χ0) is 23.4. The first kappa shape index (κ1) is 25.6. The van der Waals surface area contributed by atoms with Gasteiger partial charge in [-0.1, -0.05) is 0 Å². The van der Waals surface area contributed by atoms with Gasteiger partial charge in [0.1, 0.15) is 18.0 Å². The van der Waals surface area contributed by atoms with Crippen LogP contribution in [-0.2, 0) is 14.3 Å². The average molecular weight is 551 g/mol. The molecular weight excluding hydrogens is 521 g/mol. The molecule has 0 amide bonds. The van der Waals surface area contributed by atoms with Crippen LogP contribution in [0.3, 0.4) is 0 Å². The largest absolute Gasteiger partial charge is 0.493 e.